The van der Waals surface area contributed by atoms with Crippen LogP contribution in [0.2, 0.25) is 0 Å². The lowest BCUT2D eigenvalue weighted by Gasteiger charge is -2.30. The highest BCUT2D eigenvalue weighted by atomic mass is 19.1. The number of alkyl halides is 1. The zero-order valence-electron chi connectivity index (χ0n) is 23.5. The number of methoxy groups -OCH3 is 1. The average molecular weight is 537 g/mol. The van der Waals surface area contributed by atoms with Crippen molar-refractivity contribution < 1.29 is 32.9 Å². The Bertz CT molecular complexity index is 753. The van der Waals surface area contributed by atoms with Crippen LogP contribution in [0, 0.1) is 5.92 Å². The van der Waals surface area contributed by atoms with Gasteiger partial charge in [-0.2, -0.15) is 0 Å². The second kappa shape index (κ2) is 17.9. The van der Waals surface area contributed by atoms with E-state index >= 15 is 4.39 Å². The van der Waals surface area contributed by atoms with Crippen molar-refractivity contribution in [3.05, 3.63) is 36.0 Å². The topological polar surface area (TPSA) is 63.2 Å². The van der Waals surface area contributed by atoms with Crippen molar-refractivity contribution in [2.75, 3.05) is 20.3 Å². The molecule has 2 heterocycles. The third kappa shape index (κ3) is 10.9. The van der Waals surface area contributed by atoms with E-state index in [1.165, 1.54) is 12.7 Å². The molecule has 0 aromatic carbocycles. The number of allylic oxidation sites excluding steroid dienone is 2. The van der Waals surface area contributed by atoms with Gasteiger partial charge in [-0.3, -0.25) is 4.79 Å². The van der Waals surface area contributed by atoms with E-state index in [2.05, 4.69) is 31.2 Å². The lowest BCUT2D eigenvalue weighted by Crippen LogP contribution is -2.33. The van der Waals surface area contributed by atoms with E-state index in [9.17, 15) is 4.79 Å². The summed E-state index contributed by atoms with van der Waals surface area (Å²) in [6.45, 7) is 3.49. The normalized spacial score (nSPS) is 28.0. The van der Waals surface area contributed by atoms with Gasteiger partial charge in [-0.1, -0.05) is 55.7 Å². The molecule has 3 rings (SSSR count). The van der Waals surface area contributed by atoms with Crippen molar-refractivity contribution in [3.8, 4) is 0 Å². The standard InChI is InChI=1S/C31H49FO6/c1-3-4-14-26(32)28(38-31-17-10-12-23-36-31)21-19-25-24(13-7-5-6-8-15-29(33)34-2)18-20-27(25)37-30-16-9-11-22-35-30/h5,7,18-19,21,25-28,30-31H,3-4,6,8-17,20,22-23H2,1-2H3/t25-,26?,27-,28-,30?,31?/m1/s1. The zero-order chi connectivity index (χ0) is 27.0. The Labute approximate surface area is 228 Å². The Morgan fingerprint density at radius 1 is 1.11 bits per heavy atom. The molecule has 0 aromatic heterocycles. The fraction of sp³-hybridized carbons (Fsp3) is 0.774. The monoisotopic (exact) mass is 536 g/mol. The molecule has 0 bridgehead atoms. The molecule has 0 aromatic rings. The molecule has 7 heteroatoms. The maximum absolute atomic E-state index is 15.3. The van der Waals surface area contributed by atoms with Crippen molar-refractivity contribution >= 4 is 5.97 Å². The number of hydrogen-bond donors (Lipinski definition) is 0. The number of ether oxygens (including phenoxy) is 5. The predicted octanol–water partition coefficient (Wildman–Crippen LogP) is 7.13. The molecule has 38 heavy (non-hydrogen) atoms. The first-order valence-electron chi connectivity index (χ1n) is 14.9. The quantitative estimate of drug-likeness (QED) is 0.119. The van der Waals surface area contributed by atoms with Crippen molar-refractivity contribution in [2.45, 2.75) is 128 Å². The van der Waals surface area contributed by atoms with Crippen molar-refractivity contribution in [1.29, 1.82) is 0 Å². The summed E-state index contributed by atoms with van der Waals surface area (Å²) in [6, 6.07) is 0. The lowest BCUT2D eigenvalue weighted by atomic mass is 9.94. The van der Waals surface area contributed by atoms with Crippen molar-refractivity contribution in [1.82, 2.24) is 0 Å². The zero-order valence-corrected chi connectivity index (χ0v) is 23.5. The largest absolute Gasteiger partial charge is 0.469 e. The van der Waals surface area contributed by atoms with Gasteiger partial charge in [-0.25, -0.2) is 4.39 Å². The number of hydrogen-bond acceptors (Lipinski definition) is 6. The summed E-state index contributed by atoms with van der Waals surface area (Å²) in [6.07, 6.45) is 20.2. The molecular formula is C31H49FO6. The van der Waals surface area contributed by atoms with E-state index in [1.54, 1.807) is 0 Å². The van der Waals surface area contributed by atoms with Gasteiger partial charge in [0.05, 0.1) is 13.2 Å². The molecule has 3 unspecified atom stereocenters. The van der Waals surface area contributed by atoms with Crippen LogP contribution in [0.4, 0.5) is 4.39 Å². The minimum Gasteiger partial charge on any atom is -0.469 e. The van der Waals surface area contributed by atoms with Gasteiger partial charge in [0.2, 0.25) is 0 Å². The second-order valence-electron chi connectivity index (χ2n) is 10.6. The Hall–Kier alpha value is -1.54. The molecule has 0 saturated carbocycles. The summed E-state index contributed by atoms with van der Waals surface area (Å²) in [5.74, 6) is -0.135. The van der Waals surface area contributed by atoms with Crippen LogP contribution in [0.25, 0.3) is 0 Å². The highest BCUT2D eigenvalue weighted by molar-refractivity contribution is 5.69. The van der Waals surface area contributed by atoms with Crippen molar-refractivity contribution in [2.24, 2.45) is 5.92 Å². The van der Waals surface area contributed by atoms with Crippen LogP contribution in [0.3, 0.4) is 0 Å². The average Bonchev–Trinajstić information content (AvgIpc) is 3.33. The molecule has 0 spiro atoms. The molecule has 0 N–H and O–H groups in total. The molecule has 6 nitrogen and oxygen atoms in total. The predicted molar refractivity (Wildman–Crippen MR) is 146 cm³/mol. The van der Waals surface area contributed by atoms with Gasteiger partial charge in [-0.15, -0.1) is 0 Å². The van der Waals surface area contributed by atoms with E-state index in [-0.39, 0.29) is 30.6 Å². The molecule has 1 aliphatic carbocycles. The fourth-order valence-corrected chi connectivity index (χ4v) is 5.25. The molecule has 6 atom stereocenters. The lowest BCUT2D eigenvalue weighted by molar-refractivity contribution is -0.191. The van der Waals surface area contributed by atoms with Gasteiger partial charge in [0.1, 0.15) is 12.3 Å². The molecule has 3 aliphatic rings. The van der Waals surface area contributed by atoms with Crippen LogP contribution in [-0.2, 0) is 28.5 Å². The minimum absolute atomic E-state index is 0.0302. The molecule has 2 aliphatic heterocycles. The molecule has 0 amide bonds. The van der Waals surface area contributed by atoms with E-state index < -0.39 is 12.3 Å². The highest BCUT2D eigenvalue weighted by Gasteiger charge is 2.32. The number of esters is 1. The summed E-state index contributed by atoms with van der Waals surface area (Å²) in [5.41, 5.74) is 1.27. The summed E-state index contributed by atoms with van der Waals surface area (Å²) >= 11 is 0. The summed E-state index contributed by atoms with van der Waals surface area (Å²) in [7, 11) is 1.42. The smallest absolute Gasteiger partial charge is 0.305 e. The number of rotatable bonds is 16. The maximum Gasteiger partial charge on any atom is 0.305 e. The summed E-state index contributed by atoms with van der Waals surface area (Å²) in [5, 5.41) is 0. The highest BCUT2D eigenvalue weighted by Crippen LogP contribution is 2.35. The summed E-state index contributed by atoms with van der Waals surface area (Å²) < 4.78 is 44.2. The maximum atomic E-state index is 15.3. The SMILES string of the molecule is CCCCC(F)[C@@H](C=C[C@@H]1C(CC=CCCCC(=O)OC)=CC[C@H]1OC1CCCCO1)OC1CCCCO1. The van der Waals surface area contributed by atoms with Crippen molar-refractivity contribution in [3.63, 3.8) is 0 Å². The first-order chi connectivity index (χ1) is 18.6. The second-order valence-corrected chi connectivity index (χ2v) is 10.6. The molecule has 2 saturated heterocycles. The third-order valence-electron chi connectivity index (χ3n) is 7.55. The van der Waals surface area contributed by atoms with Crippen LogP contribution in [0.1, 0.15) is 96.8 Å². The third-order valence-corrected chi connectivity index (χ3v) is 7.55. The number of halogens is 1. The van der Waals surface area contributed by atoms with Crippen LogP contribution < -0.4 is 0 Å². The van der Waals surface area contributed by atoms with Gasteiger partial charge in [0, 0.05) is 25.6 Å². The van der Waals surface area contributed by atoms with E-state index in [0.717, 1.165) is 83.7 Å². The van der Waals surface area contributed by atoms with E-state index in [0.29, 0.717) is 19.4 Å². The van der Waals surface area contributed by atoms with Crippen LogP contribution in [0.15, 0.2) is 36.0 Å². The first-order valence-corrected chi connectivity index (χ1v) is 14.9. The molecule has 216 valence electrons. The molecular weight excluding hydrogens is 487 g/mol. The Balaban J connectivity index is 1.65. The number of carbonyl (C=O) groups excluding carboxylic acids is 1. The van der Waals surface area contributed by atoms with Crippen LogP contribution in [-0.4, -0.2) is 57.3 Å². The van der Waals surface area contributed by atoms with Gasteiger partial charge in [0.15, 0.2) is 12.6 Å². The Morgan fingerprint density at radius 2 is 1.87 bits per heavy atom. The van der Waals surface area contributed by atoms with Gasteiger partial charge < -0.3 is 23.7 Å². The van der Waals surface area contributed by atoms with E-state index in [4.69, 9.17) is 23.7 Å². The fourth-order valence-electron chi connectivity index (χ4n) is 5.25. The Morgan fingerprint density at radius 3 is 2.55 bits per heavy atom. The van der Waals surface area contributed by atoms with Gasteiger partial charge >= 0.3 is 5.97 Å². The van der Waals surface area contributed by atoms with Gasteiger partial charge in [0.25, 0.3) is 0 Å². The minimum atomic E-state index is -1.07. The van der Waals surface area contributed by atoms with Gasteiger partial charge in [-0.05, 0) is 70.6 Å². The van der Waals surface area contributed by atoms with Crippen LogP contribution >= 0.6 is 0 Å². The Kier molecular flexibility index (Phi) is 14.6. The summed E-state index contributed by atoms with van der Waals surface area (Å²) in [4.78, 5) is 11.3. The van der Waals surface area contributed by atoms with E-state index in [1.807, 2.05) is 6.08 Å². The number of unbranched alkanes of at least 4 members (excludes halogenated alkanes) is 2. The van der Waals surface area contributed by atoms with Crippen LogP contribution in [0.5, 0.6) is 0 Å². The molecule has 2 fully saturated rings. The molecule has 0 radical (unpaired) electrons. The number of carbonyl (C=O) groups is 1. The first kappa shape index (κ1) is 31.0.